The van der Waals surface area contributed by atoms with Crippen molar-refractivity contribution >= 4 is 34.5 Å². The molecule has 108 valence electrons. The summed E-state index contributed by atoms with van der Waals surface area (Å²) < 4.78 is 2.04. The summed E-state index contributed by atoms with van der Waals surface area (Å²) in [6.07, 6.45) is 0.544. The number of hydrogen-bond donors (Lipinski definition) is 0. The van der Waals surface area contributed by atoms with Gasteiger partial charge < -0.3 is 0 Å². The maximum absolute atomic E-state index is 11.3. The predicted octanol–water partition coefficient (Wildman–Crippen LogP) is 2.59. The number of carbonyl (C=O) groups excluding carboxylic acids is 1. The van der Waals surface area contributed by atoms with Crippen LogP contribution in [0.25, 0.3) is 5.69 Å². The van der Waals surface area contributed by atoms with E-state index in [9.17, 15) is 4.79 Å². The molecule has 0 bridgehead atoms. The Balaban J connectivity index is 1.97. The van der Waals surface area contributed by atoms with Gasteiger partial charge in [-0.3, -0.25) is 9.36 Å². The summed E-state index contributed by atoms with van der Waals surface area (Å²) in [6, 6.07) is 10.0. The molecule has 1 aliphatic rings. The van der Waals surface area contributed by atoms with Gasteiger partial charge in [0, 0.05) is 5.69 Å². The average molecular weight is 318 g/mol. The number of hydrogen-bond acceptors (Lipinski definition) is 5. The zero-order valence-corrected chi connectivity index (χ0v) is 13.2. The number of aliphatic imine (C=N–C) groups is 1. The van der Waals surface area contributed by atoms with E-state index in [1.807, 2.05) is 34.9 Å². The highest BCUT2D eigenvalue weighted by molar-refractivity contribution is 8.15. The number of rotatable bonds is 5. The molecule has 2 heterocycles. The summed E-state index contributed by atoms with van der Waals surface area (Å²) in [5.74, 6) is 2.12. The molecule has 7 heteroatoms. The Morgan fingerprint density at radius 1 is 1.29 bits per heavy atom. The van der Waals surface area contributed by atoms with Crippen molar-refractivity contribution in [2.24, 2.45) is 4.99 Å². The van der Waals surface area contributed by atoms with Crippen molar-refractivity contribution in [3.8, 4) is 5.69 Å². The number of carbonyl (C=O) groups is 1. The van der Waals surface area contributed by atoms with Crippen molar-refractivity contribution in [3.63, 3.8) is 0 Å². The maximum atomic E-state index is 11.3. The van der Waals surface area contributed by atoms with Crippen LogP contribution in [-0.4, -0.2) is 37.2 Å². The summed E-state index contributed by atoms with van der Waals surface area (Å²) in [5.41, 5.74) is 1.03. The fraction of sp³-hybridized carbons (Fsp3) is 0.286. The van der Waals surface area contributed by atoms with Crippen LogP contribution < -0.4 is 0 Å². The minimum absolute atomic E-state index is 0.0658. The molecule has 1 aromatic carbocycles. The van der Waals surface area contributed by atoms with Crippen molar-refractivity contribution < 1.29 is 4.79 Å². The van der Waals surface area contributed by atoms with Gasteiger partial charge in [0.05, 0.1) is 17.2 Å². The Kier molecular flexibility index (Phi) is 4.40. The lowest BCUT2D eigenvalue weighted by Gasteiger charge is -2.09. The van der Waals surface area contributed by atoms with Crippen LogP contribution in [0, 0.1) is 0 Å². The molecular formula is C14H14N4OS2. The van der Waals surface area contributed by atoms with Crippen LogP contribution in [0.3, 0.4) is 0 Å². The number of aromatic nitrogens is 3. The zero-order chi connectivity index (χ0) is 14.7. The predicted molar refractivity (Wildman–Crippen MR) is 86.4 cm³/mol. The minimum atomic E-state index is -0.0658. The molecule has 1 aliphatic heterocycles. The molecule has 0 fully saturated rings. The van der Waals surface area contributed by atoms with Crippen molar-refractivity contribution in [2.75, 3.05) is 11.5 Å². The van der Waals surface area contributed by atoms with Crippen LogP contribution in [0.15, 0.2) is 40.5 Å². The Labute approximate surface area is 131 Å². The topological polar surface area (TPSA) is 60.1 Å². The standard InChI is InChI=1S/C14H14N4OS2/c1-2-20-14-17-16-11(8-13-15-12(19)9-21-13)18(14)10-6-4-3-5-7-10/h3-7H,2,8-9H2,1H3. The number of benzene rings is 1. The second kappa shape index (κ2) is 6.44. The largest absolute Gasteiger partial charge is 0.274 e. The maximum Gasteiger partial charge on any atom is 0.256 e. The van der Waals surface area contributed by atoms with Crippen LogP contribution in [0.1, 0.15) is 12.7 Å². The molecule has 2 aromatic rings. The molecular weight excluding hydrogens is 304 g/mol. The van der Waals surface area contributed by atoms with E-state index in [4.69, 9.17) is 0 Å². The van der Waals surface area contributed by atoms with Gasteiger partial charge in [-0.05, 0) is 17.9 Å². The summed E-state index contributed by atoms with van der Waals surface area (Å²) in [7, 11) is 0. The highest BCUT2D eigenvalue weighted by Crippen LogP contribution is 2.24. The molecule has 21 heavy (non-hydrogen) atoms. The van der Waals surface area contributed by atoms with Crippen LogP contribution >= 0.6 is 23.5 Å². The number of amides is 1. The van der Waals surface area contributed by atoms with Crippen molar-refractivity contribution in [1.29, 1.82) is 0 Å². The number of para-hydroxylation sites is 1. The van der Waals surface area contributed by atoms with E-state index in [1.54, 1.807) is 11.8 Å². The van der Waals surface area contributed by atoms with E-state index < -0.39 is 0 Å². The minimum Gasteiger partial charge on any atom is -0.274 e. The van der Waals surface area contributed by atoms with E-state index >= 15 is 0 Å². The van der Waals surface area contributed by atoms with Gasteiger partial charge in [-0.2, -0.15) is 0 Å². The third kappa shape index (κ3) is 3.19. The van der Waals surface area contributed by atoms with Crippen LogP contribution in [0.4, 0.5) is 0 Å². The van der Waals surface area contributed by atoms with Crippen molar-refractivity contribution in [3.05, 3.63) is 36.2 Å². The molecule has 1 aromatic heterocycles. The molecule has 0 spiro atoms. The summed E-state index contributed by atoms with van der Waals surface area (Å²) in [4.78, 5) is 15.3. The van der Waals surface area contributed by atoms with Crippen LogP contribution in [0.2, 0.25) is 0 Å². The van der Waals surface area contributed by atoms with Gasteiger partial charge >= 0.3 is 0 Å². The summed E-state index contributed by atoms with van der Waals surface area (Å²) >= 11 is 3.14. The smallest absolute Gasteiger partial charge is 0.256 e. The monoisotopic (exact) mass is 318 g/mol. The van der Waals surface area contributed by atoms with E-state index in [-0.39, 0.29) is 5.91 Å². The molecule has 0 radical (unpaired) electrons. The van der Waals surface area contributed by atoms with Crippen molar-refractivity contribution in [2.45, 2.75) is 18.5 Å². The molecule has 0 atom stereocenters. The van der Waals surface area contributed by atoms with Gasteiger partial charge in [0.2, 0.25) is 0 Å². The molecule has 0 aliphatic carbocycles. The Morgan fingerprint density at radius 2 is 2.10 bits per heavy atom. The first-order valence-electron chi connectivity index (χ1n) is 6.63. The lowest BCUT2D eigenvalue weighted by atomic mass is 10.3. The quantitative estimate of drug-likeness (QED) is 0.793. The summed E-state index contributed by atoms with van der Waals surface area (Å²) in [6.45, 7) is 2.09. The molecule has 1 amide bonds. The lowest BCUT2D eigenvalue weighted by molar-refractivity contribution is -0.115. The van der Waals surface area contributed by atoms with Crippen molar-refractivity contribution in [1.82, 2.24) is 14.8 Å². The van der Waals surface area contributed by atoms with Gasteiger partial charge in [0.1, 0.15) is 5.82 Å². The highest BCUT2D eigenvalue weighted by atomic mass is 32.2. The van der Waals surface area contributed by atoms with E-state index in [0.29, 0.717) is 12.2 Å². The first kappa shape index (κ1) is 14.3. The van der Waals surface area contributed by atoms with Gasteiger partial charge in [-0.15, -0.1) is 22.0 Å². The lowest BCUT2D eigenvalue weighted by Crippen LogP contribution is -2.06. The second-order valence-corrected chi connectivity index (χ2v) is 6.65. The van der Waals surface area contributed by atoms with E-state index in [0.717, 1.165) is 27.5 Å². The first-order valence-corrected chi connectivity index (χ1v) is 8.60. The van der Waals surface area contributed by atoms with E-state index in [1.165, 1.54) is 11.8 Å². The Hall–Kier alpha value is -1.60. The zero-order valence-electron chi connectivity index (χ0n) is 11.5. The SMILES string of the molecule is CCSc1nnc(CC2=NC(=O)CS2)n1-c1ccccc1. The molecule has 0 saturated carbocycles. The molecule has 5 nitrogen and oxygen atoms in total. The molecule has 0 unspecified atom stereocenters. The van der Waals surface area contributed by atoms with E-state index in [2.05, 4.69) is 22.1 Å². The molecule has 0 saturated heterocycles. The molecule has 3 rings (SSSR count). The van der Waals surface area contributed by atoms with Gasteiger partial charge in [-0.1, -0.05) is 36.9 Å². The Morgan fingerprint density at radius 3 is 2.76 bits per heavy atom. The summed E-state index contributed by atoms with van der Waals surface area (Å²) in [5, 5.41) is 10.2. The van der Waals surface area contributed by atoms with Gasteiger partial charge in [0.15, 0.2) is 5.16 Å². The third-order valence-electron chi connectivity index (χ3n) is 2.91. The number of thioether (sulfide) groups is 2. The average Bonchev–Trinajstić information content (AvgIpc) is 3.08. The van der Waals surface area contributed by atoms with Crippen LogP contribution in [-0.2, 0) is 11.2 Å². The number of nitrogens with zero attached hydrogens (tertiary/aromatic N) is 4. The fourth-order valence-corrected chi connectivity index (χ4v) is 3.50. The normalized spacial score (nSPS) is 14.5. The third-order valence-corrected chi connectivity index (χ3v) is 4.68. The van der Waals surface area contributed by atoms with Gasteiger partial charge in [0.25, 0.3) is 5.91 Å². The first-order chi connectivity index (χ1) is 10.3. The van der Waals surface area contributed by atoms with Gasteiger partial charge in [-0.25, -0.2) is 4.99 Å². The second-order valence-electron chi connectivity index (χ2n) is 4.37. The highest BCUT2D eigenvalue weighted by Gasteiger charge is 2.20. The fourth-order valence-electron chi connectivity index (χ4n) is 2.05. The Bertz CT molecular complexity index is 682. The molecule has 0 N–H and O–H groups in total. The van der Waals surface area contributed by atoms with Crippen LogP contribution in [0.5, 0.6) is 0 Å².